The minimum atomic E-state index is -3.94. The zero-order valence-electron chi connectivity index (χ0n) is 25.1. The number of carbonyl (C=O) groups is 2. The topological polar surface area (TPSA) is 152 Å². The number of nitriles is 1. The number of carbonyl (C=O) groups excluding carboxylic acids is 1. The standard InChI is InChI=1S/C33H35N5O6S/c1-24(2)31(33(40)41)36-45(42,43)38-20-18-37(19-21-38)28-13-10-25(11-14-28)8-9-26-12-15-30(29(22-26)32(39)35-17-16-34)44-23-27-6-4-3-5-7-27/h3-7,10-15,22,24,31,36H,17-21,23H2,1-2H3,(H,35,39)(H,40,41). The van der Waals surface area contributed by atoms with Crippen LogP contribution in [0, 0.1) is 29.1 Å². The molecule has 3 N–H and O–H groups in total. The fourth-order valence-corrected chi connectivity index (χ4v) is 6.14. The Kier molecular flexibility index (Phi) is 11.2. The van der Waals surface area contributed by atoms with E-state index in [-0.39, 0.29) is 31.8 Å². The molecule has 1 aliphatic heterocycles. The van der Waals surface area contributed by atoms with Gasteiger partial charge in [-0.25, -0.2) is 0 Å². The smallest absolute Gasteiger partial charge is 0.322 e. The maximum atomic E-state index is 12.8. The van der Waals surface area contributed by atoms with Crippen LogP contribution in [0.1, 0.15) is 40.9 Å². The summed E-state index contributed by atoms with van der Waals surface area (Å²) in [5, 5.41) is 20.8. The predicted molar refractivity (Wildman–Crippen MR) is 170 cm³/mol. The highest BCUT2D eigenvalue weighted by Gasteiger charge is 2.33. The quantitative estimate of drug-likeness (QED) is 0.216. The van der Waals surface area contributed by atoms with Crippen molar-refractivity contribution in [3.8, 4) is 23.7 Å². The number of rotatable bonds is 11. The van der Waals surface area contributed by atoms with Gasteiger partial charge in [0.2, 0.25) is 0 Å². The van der Waals surface area contributed by atoms with Crippen molar-refractivity contribution < 1.29 is 27.9 Å². The number of hydrogen-bond acceptors (Lipinski definition) is 7. The maximum Gasteiger partial charge on any atom is 0.322 e. The summed E-state index contributed by atoms with van der Waals surface area (Å²) in [7, 11) is -3.94. The van der Waals surface area contributed by atoms with Crippen LogP contribution in [0.3, 0.4) is 0 Å². The number of nitrogens with one attached hydrogen (secondary N) is 2. The molecule has 3 aromatic rings. The van der Waals surface area contributed by atoms with Crippen molar-refractivity contribution in [2.45, 2.75) is 26.5 Å². The molecule has 234 valence electrons. The zero-order valence-corrected chi connectivity index (χ0v) is 25.9. The maximum absolute atomic E-state index is 12.8. The summed E-state index contributed by atoms with van der Waals surface area (Å²) in [6.45, 7) is 4.78. The molecule has 12 heteroatoms. The Morgan fingerprint density at radius 2 is 1.60 bits per heavy atom. The van der Waals surface area contributed by atoms with Crippen LogP contribution in [-0.4, -0.2) is 68.5 Å². The van der Waals surface area contributed by atoms with Gasteiger partial charge >= 0.3 is 5.97 Å². The van der Waals surface area contributed by atoms with Crippen LogP contribution >= 0.6 is 0 Å². The summed E-state index contributed by atoms with van der Waals surface area (Å²) < 4.78 is 35.0. The second-order valence-corrected chi connectivity index (χ2v) is 12.4. The Balaban J connectivity index is 1.40. The molecular weight excluding hydrogens is 594 g/mol. The van der Waals surface area contributed by atoms with Crippen molar-refractivity contribution in [2.24, 2.45) is 5.92 Å². The fourth-order valence-electron chi connectivity index (χ4n) is 4.65. The highest BCUT2D eigenvalue weighted by molar-refractivity contribution is 7.87. The molecule has 0 aromatic heterocycles. The van der Waals surface area contributed by atoms with Crippen molar-refractivity contribution in [2.75, 3.05) is 37.6 Å². The van der Waals surface area contributed by atoms with Crippen LogP contribution in [0.5, 0.6) is 5.75 Å². The van der Waals surface area contributed by atoms with Gasteiger partial charge in [0, 0.05) is 43.0 Å². The third-order valence-corrected chi connectivity index (χ3v) is 8.76. The number of piperazine rings is 1. The van der Waals surface area contributed by atoms with Crippen LogP contribution in [-0.2, 0) is 21.6 Å². The first-order valence-electron chi connectivity index (χ1n) is 14.4. The highest BCUT2D eigenvalue weighted by atomic mass is 32.2. The number of carboxylic acids is 1. The molecule has 1 amide bonds. The van der Waals surface area contributed by atoms with Gasteiger partial charge < -0.3 is 20.1 Å². The molecule has 45 heavy (non-hydrogen) atoms. The summed E-state index contributed by atoms with van der Waals surface area (Å²) >= 11 is 0. The molecule has 1 atom stereocenters. The Labute approximate surface area is 263 Å². The Morgan fingerprint density at radius 3 is 2.22 bits per heavy atom. The van der Waals surface area contributed by atoms with Gasteiger partial charge in [-0.3, -0.25) is 9.59 Å². The van der Waals surface area contributed by atoms with Crippen LogP contribution in [0.2, 0.25) is 0 Å². The van der Waals surface area contributed by atoms with Crippen molar-refractivity contribution in [1.82, 2.24) is 14.3 Å². The molecule has 1 heterocycles. The van der Waals surface area contributed by atoms with E-state index in [2.05, 4.69) is 26.8 Å². The van der Waals surface area contributed by atoms with Crippen LogP contribution < -0.4 is 19.7 Å². The van der Waals surface area contributed by atoms with Gasteiger partial charge in [-0.2, -0.15) is 22.7 Å². The van der Waals surface area contributed by atoms with Gasteiger partial charge in [0.25, 0.3) is 16.1 Å². The van der Waals surface area contributed by atoms with Crippen LogP contribution in [0.4, 0.5) is 5.69 Å². The van der Waals surface area contributed by atoms with Crippen molar-refractivity contribution >= 4 is 27.8 Å². The van der Waals surface area contributed by atoms with E-state index in [4.69, 9.17) is 10.00 Å². The Bertz CT molecular complexity index is 1700. The molecular formula is C33H35N5O6S. The lowest BCUT2D eigenvalue weighted by molar-refractivity contribution is -0.140. The molecule has 1 fully saturated rings. The van der Waals surface area contributed by atoms with Crippen molar-refractivity contribution in [1.29, 1.82) is 5.26 Å². The van der Waals surface area contributed by atoms with E-state index in [9.17, 15) is 23.1 Å². The predicted octanol–water partition coefficient (Wildman–Crippen LogP) is 2.98. The SMILES string of the molecule is CC(C)C(NS(=O)(=O)N1CCN(c2ccc(C#Cc3ccc(OCc4ccccc4)c(C(=O)NCC#N)c3)cc2)CC1)C(=O)O. The number of amides is 1. The van der Waals surface area contributed by atoms with Gasteiger partial charge in [-0.1, -0.05) is 56.0 Å². The van der Waals surface area contributed by atoms with Crippen LogP contribution in [0.25, 0.3) is 0 Å². The molecule has 0 aliphatic carbocycles. The Hall–Kier alpha value is -4.88. The first-order chi connectivity index (χ1) is 21.6. The molecule has 0 saturated carbocycles. The number of nitrogens with zero attached hydrogens (tertiary/aromatic N) is 3. The van der Waals surface area contributed by atoms with E-state index < -0.39 is 34.0 Å². The van der Waals surface area contributed by atoms with E-state index in [1.165, 1.54) is 4.31 Å². The Morgan fingerprint density at radius 1 is 0.956 bits per heavy atom. The van der Waals surface area contributed by atoms with E-state index in [0.29, 0.717) is 24.4 Å². The van der Waals surface area contributed by atoms with Crippen molar-refractivity contribution in [3.63, 3.8) is 0 Å². The molecule has 1 unspecified atom stereocenters. The number of hydrogen-bond donors (Lipinski definition) is 3. The summed E-state index contributed by atoms with van der Waals surface area (Å²) in [6, 6.07) is 22.9. The van der Waals surface area contributed by atoms with Crippen molar-refractivity contribution in [3.05, 3.63) is 95.1 Å². The number of aliphatic carboxylic acids is 1. The van der Waals surface area contributed by atoms with Crippen LogP contribution in [0.15, 0.2) is 72.8 Å². The van der Waals surface area contributed by atoms with E-state index >= 15 is 0 Å². The molecule has 0 radical (unpaired) electrons. The molecule has 11 nitrogen and oxygen atoms in total. The van der Waals surface area contributed by atoms with E-state index in [1.54, 1.807) is 32.0 Å². The average molecular weight is 630 g/mol. The van der Waals surface area contributed by atoms with Gasteiger partial charge in [0.05, 0.1) is 11.6 Å². The zero-order chi connectivity index (χ0) is 32.4. The number of ether oxygens (including phenoxy) is 1. The molecule has 3 aromatic carbocycles. The molecule has 0 bridgehead atoms. The average Bonchev–Trinajstić information content (AvgIpc) is 3.05. The molecule has 1 saturated heterocycles. The monoisotopic (exact) mass is 629 g/mol. The summed E-state index contributed by atoms with van der Waals surface area (Å²) in [5.41, 5.74) is 3.49. The first kappa shape index (κ1) is 33.0. The number of carboxylic acid groups (broad SMARTS) is 1. The fraction of sp³-hybridized carbons (Fsp3) is 0.303. The second-order valence-electron chi connectivity index (χ2n) is 10.7. The minimum absolute atomic E-state index is 0.135. The van der Waals surface area contributed by atoms with Gasteiger partial charge in [0.15, 0.2) is 0 Å². The lowest BCUT2D eigenvalue weighted by Gasteiger charge is -2.36. The number of anilines is 1. The van der Waals surface area contributed by atoms with Gasteiger partial charge in [0.1, 0.15) is 24.9 Å². The third-order valence-electron chi connectivity index (χ3n) is 7.16. The molecule has 4 rings (SSSR count). The summed E-state index contributed by atoms with van der Waals surface area (Å²) in [6.07, 6.45) is 0. The van der Waals surface area contributed by atoms with E-state index in [1.807, 2.05) is 60.7 Å². The molecule has 1 aliphatic rings. The summed E-state index contributed by atoms with van der Waals surface area (Å²) in [4.78, 5) is 26.3. The van der Waals surface area contributed by atoms with E-state index in [0.717, 1.165) is 16.8 Å². The third kappa shape index (κ3) is 9.06. The largest absolute Gasteiger partial charge is 0.488 e. The second kappa shape index (κ2) is 15.2. The van der Waals surface area contributed by atoms with Gasteiger partial charge in [-0.15, -0.1) is 0 Å². The molecule has 0 spiro atoms. The normalized spacial score (nSPS) is 14.1. The highest BCUT2D eigenvalue weighted by Crippen LogP contribution is 2.22. The first-order valence-corrected chi connectivity index (χ1v) is 15.8. The lowest BCUT2D eigenvalue weighted by Crippen LogP contribution is -2.55. The van der Waals surface area contributed by atoms with Gasteiger partial charge in [-0.05, 0) is 53.9 Å². The lowest BCUT2D eigenvalue weighted by atomic mass is 10.1. The minimum Gasteiger partial charge on any atom is -0.488 e. The number of benzene rings is 3. The summed E-state index contributed by atoms with van der Waals surface area (Å²) in [5.74, 6) is 4.53.